The summed E-state index contributed by atoms with van der Waals surface area (Å²) < 4.78 is 2.50. The number of rotatable bonds is 3. The Morgan fingerprint density at radius 2 is 1.96 bits per heavy atom. The fraction of sp³-hybridized carbons (Fsp3) is 0.364. The molecule has 0 saturated heterocycles. The minimum Gasteiger partial charge on any atom is -0.398 e. The fourth-order valence-corrected chi connectivity index (χ4v) is 3.85. The lowest BCUT2D eigenvalue weighted by molar-refractivity contribution is 0.651. The average Bonchev–Trinajstić information content (AvgIpc) is 2.83. The van der Waals surface area contributed by atoms with Gasteiger partial charge in [0.05, 0.1) is 0 Å². The van der Waals surface area contributed by atoms with Crippen molar-refractivity contribution < 1.29 is 0 Å². The van der Waals surface area contributed by atoms with Crippen LogP contribution >= 0.6 is 0 Å². The number of hydrogen-bond donors (Lipinski definition) is 1. The maximum Gasteiger partial charge on any atom is 0.0482 e. The molecule has 1 atom stereocenters. The third kappa shape index (κ3) is 2.60. The van der Waals surface area contributed by atoms with Crippen molar-refractivity contribution in [3.63, 3.8) is 0 Å². The van der Waals surface area contributed by atoms with Gasteiger partial charge in [0.15, 0.2) is 0 Å². The summed E-state index contributed by atoms with van der Waals surface area (Å²) in [6.07, 6.45) is 10.1. The molecule has 0 unspecified atom stereocenters. The van der Waals surface area contributed by atoms with E-state index < -0.39 is 0 Å². The minimum atomic E-state index is 0.547. The number of aryl methyl sites for hydroxylation is 1. The van der Waals surface area contributed by atoms with Gasteiger partial charge in [0.2, 0.25) is 0 Å². The summed E-state index contributed by atoms with van der Waals surface area (Å²) in [7, 11) is 0. The summed E-state index contributed by atoms with van der Waals surface area (Å²) in [6.45, 7) is 11.7. The van der Waals surface area contributed by atoms with Gasteiger partial charge in [-0.1, -0.05) is 37.3 Å². The molecule has 0 fully saturated rings. The molecule has 0 amide bonds. The molecule has 0 spiro atoms. The number of nitrogens with zero attached hydrogens (tertiary/aromatic N) is 1. The first kappa shape index (κ1) is 16.6. The normalized spacial score (nSPS) is 16.8. The molecular formula is C22H28N2. The third-order valence-electron chi connectivity index (χ3n) is 5.38. The zero-order chi connectivity index (χ0) is 17.4. The number of anilines is 1. The first-order valence-electron chi connectivity index (χ1n) is 8.82. The smallest absolute Gasteiger partial charge is 0.0482 e. The lowest BCUT2D eigenvalue weighted by Gasteiger charge is -2.21. The topological polar surface area (TPSA) is 30.9 Å². The monoisotopic (exact) mass is 320 g/mol. The van der Waals surface area contributed by atoms with Gasteiger partial charge in [-0.3, -0.25) is 0 Å². The summed E-state index contributed by atoms with van der Waals surface area (Å²) in [6, 6.07) is 4.37. The number of allylic oxidation sites excluding steroid dienone is 2. The van der Waals surface area contributed by atoms with Gasteiger partial charge in [0, 0.05) is 29.5 Å². The van der Waals surface area contributed by atoms with Crippen molar-refractivity contribution in [1.82, 2.24) is 4.57 Å². The minimum absolute atomic E-state index is 0.547. The third-order valence-corrected chi connectivity index (χ3v) is 5.38. The Bertz CT molecular complexity index is 834. The van der Waals surface area contributed by atoms with E-state index in [9.17, 15) is 0 Å². The van der Waals surface area contributed by atoms with E-state index in [1.807, 2.05) is 0 Å². The van der Waals surface area contributed by atoms with E-state index in [0.29, 0.717) is 5.92 Å². The highest BCUT2D eigenvalue weighted by atomic mass is 15.0. The van der Waals surface area contributed by atoms with Crippen LogP contribution in [0.3, 0.4) is 0 Å². The fourth-order valence-electron chi connectivity index (χ4n) is 3.85. The maximum atomic E-state index is 6.27. The molecule has 1 aliphatic carbocycles. The molecule has 1 aromatic carbocycles. The summed E-state index contributed by atoms with van der Waals surface area (Å²) >= 11 is 0. The predicted molar refractivity (Wildman–Crippen MR) is 105 cm³/mol. The summed E-state index contributed by atoms with van der Waals surface area (Å²) in [5, 5.41) is 0. The van der Waals surface area contributed by atoms with Crippen LogP contribution in [0, 0.1) is 20.8 Å². The quantitative estimate of drug-likeness (QED) is 0.733. The number of hydrogen-bond acceptors (Lipinski definition) is 1. The highest BCUT2D eigenvalue weighted by Gasteiger charge is 2.23. The van der Waals surface area contributed by atoms with Crippen LogP contribution in [0.25, 0.3) is 12.2 Å². The summed E-state index contributed by atoms with van der Waals surface area (Å²) in [4.78, 5) is 0. The highest BCUT2D eigenvalue weighted by molar-refractivity contribution is 5.68. The van der Waals surface area contributed by atoms with E-state index in [1.165, 1.54) is 33.6 Å². The van der Waals surface area contributed by atoms with Crippen molar-refractivity contribution in [3.05, 3.63) is 63.5 Å². The second-order valence-corrected chi connectivity index (χ2v) is 7.01. The number of aromatic nitrogens is 1. The molecule has 1 heterocycles. The first-order chi connectivity index (χ1) is 11.5. The van der Waals surface area contributed by atoms with Crippen LogP contribution in [0.4, 0.5) is 5.69 Å². The molecule has 24 heavy (non-hydrogen) atoms. The molecular weight excluding hydrogens is 292 g/mol. The maximum absolute atomic E-state index is 6.27. The molecule has 3 rings (SSSR count). The van der Waals surface area contributed by atoms with Gasteiger partial charge in [-0.2, -0.15) is 0 Å². The predicted octanol–water partition coefficient (Wildman–Crippen LogP) is 5.60. The second-order valence-electron chi connectivity index (χ2n) is 7.01. The van der Waals surface area contributed by atoms with Crippen molar-refractivity contribution in [1.29, 1.82) is 0 Å². The van der Waals surface area contributed by atoms with Crippen LogP contribution < -0.4 is 5.73 Å². The Hall–Kier alpha value is -2.22. The molecule has 2 nitrogen and oxygen atoms in total. The van der Waals surface area contributed by atoms with Gasteiger partial charge in [-0.25, -0.2) is 0 Å². The van der Waals surface area contributed by atoms with Crippen LogP contribution in [-0.2, 0) is 6.54 Å². The first-order valence-corrected chi connectivity index (χ1v) is 8.82. The number of benzene rings is 1. The molecule has 1 aliphatic rings. The molecule has 2 aromatic rings. The molecule has 0 radical (unpaired) electrons. The van der Waals surface area contributed by atoms with Crippen LogP contribution in [0.5, 0.6) is 0 Å². The average molecular weight is 320 g/mol. The standard InChI is InChI=1S/C22H28N2/c1-6-8-20-17(5)19-10-7-9-15(3)22(19)24(20)13-18-12-11-14(2)21(23)16(18)4/h6-8,10-12,15H,9,13,23H2,1-5H3/b8-6-/t15-/m0/s1. The van der Waals surface area contributed by atoms with Crippen molar-refractivity contribution in [2.45, 2.75) is 53.5 Å². The van der Waals surface area contributed by atoms with Crippen molar-refractivity contribution >= 4 is 17.8 Å². The van der Waals surface area contributed by atoms with Gasteiger partial charge < -0.3 is 10.3 Å². The van der Waals surface area contributed by atoms with Crippen molar-refractivity contribution in [3.8, 4) is 0 Å². The SMILES string of the molecule is C/C=C\c1c(C)c2c(n1Cc1ccc(C)c(N)c1C)[C@@H](C)CC=C2. The Balaban J connectivity index is 2.18. The molecule has 0 saturated carbocycles. The van der Waals surface area contributed by atoms with Gasteiger partial charge >= 0.3 is 0 Å². The number of nitrogen functional groups attached to an aromatic ring is 1. The Kier molecular flexibility index (Phi) is 4.40. The van der Waals surface area contributed by atoms with Gasteiger partial charge in [-0.05, 0) is 68.0 Å². The summed E-state index contributed by atoms with van der Waals surface area (Å²) in [5.41, 5.74) is 16.4. The van der Waals surface area contributed by atoms with Gasteiger partial charge in [0.25, 0.3) is 0 Å². The largest absolute Gasteiger partial charge is 0.398 e. The molecule has 0 aliphatic heterocycles. The van der Waals surface area contributed by atoms with Gasteiger partial charge in [-0.15, -0.1) is 0 Å². The zero-order valence-electron chi connectivity index (χ0n) is 15.5. The van der Waals surface area contributed by atoms with Crippen LogP contribution in [0.15, 0.2) is 24.3 Å². The van der Waals surface area contributed by atoms with E-state index in [0.717, 1.165) is 24.2 Å². The summed E-state index contributed by atoms with van der Waals surface area (Å²) in [5.74, 6) is 0.547. The second kappa shape index (κ2) is 6.35. The lowest BCUT2D eigenvalue weighted by Crippen LogP contribution is -2.12. The molecule has 0 bridgehead atoms. The molecule has 2 heteroatoms. The Morgan fingerprint density at radius 3 is 2.67 bits per heavy atom. The lowest BCUT2D eigenvalue weighted by atomic mass is 9.93. The highest BCUT2D eigenvalue weighted by Crippen LogP contribution is 2.37. The zero-order valence-corrected chi connectivity index (χ0v) is 15.5. The van der Waals surface area contributed by atoms with E-state index in [1.54, 1.807) is 0 Å². The Morgan fingerprint density at radius 1 is 1.21 bits per heavy atom. The van der Waals surface area contributed by atoms with Crippen molar-refractivity contribution in [2.75, 3.05) is 5.73 Å². The van der Waals surface area contributed by atoms with E-state index in [2.05, 4.69) is 75.6 Å². The molecule has 126 valence electrons. The van der Waals surface area contributed by atoms with Gasteiger partial charge in [0.1, 0.15) is 0 Å². The number of fused-ring (bicyclic) bond motifs is 1. The van der Waals surface area contributed by atoms with Crippen LogP contribution in [-0.4, -0.2) is 4.57 Å². The van der Waals surface area contributed by atoms with E-state index in [-0.39, 0.29) is 0 Å². The number of nitrogens with two attached hydrogens (primary N) is 1. The molecule has 2 N–H and O–H groups in total. The Labute approximate surface area is 145 Å². The van der Waals surface area contributed by atoms with E-state index in [4.69, 9.17) is 5.73 Å². The van der Waals surface area contributed by atoms with E-state index >= 15 is 0 Å². The van der Waals surface area contributed by atoms with Crippen LogP contribution in [0.2, 0.25) is 0 Å². The van der Waals surface area contributed by atoms with Crippen molar-refractivity contribution in [2.24, 2.45) is 0 Å². The molecule has 1 aromatic heterocycles. The van der Waals surface area contributed by atoms with Crippen LogP contribution in [0.1, 0.15) is 65.4 Å².